The van der Waals surface area contributed by atoms with Crippen molar-refractivity contribution in [2.24, 2.45) is 0 Å². The molecule has 0 saturated carbocycles. The third kappa shape index (κ3) is 5.15. The second-order valence-electron chi connectivity index (χ2n) is 5.15. The summed E-state index contributed by atoms with van der Waals surface area (Å²) in [6, 6.07) is 4.72. The molecule has 2 rings (SSSR count). The Morgan fingerprint density at radius 1 is 1.36 bits per heavy atom. The lowest BCUT2D eigenvalue weighted by Gasteiger charge is -2.33. The molecule has 1 aliphatic heterocycles. The van der Waals surface area contributed by atoms with Crippen molar-refractivity contribution in [1.29, 1.82) is 0 Å². The lowest BCUT2D eigenvalue weighted by atomic mass is 10.2. The minimum Gasteiger partial charge on any atom is -0.325 e. The fourth-order valence-corrected chi connectivity index (χ4v) is 2.25. The summed E-state index contributed by atoms with van der Waals surface area (Å²) in [5.74, 6) is -0.219. The van der Waals surface area contributed by atoms with Crippen LogP contribution >= 0.6 is 12.4 Å². The quantitative estimate of drug-likeness (QED) is 0.890. The first-order valence-electron chi connectivity index (χ1n) is 6.78. The highest BCUT2D eigenvalue weighted by Crippen LogP contribution is 2.29. The average Bonchev–Trinajstić information content (AvgIpc) is 2.41. The van der Waals surface area contributed by atoms with Crippen molar-refractivity contribution in [3.8, 4) is 0 Å². The van der Waals surface area contributed by atoms with Gasteiger partial charge in [-0.2, -0.15) is 13.2 Å². The van der Waals surface area contributed by atoms with Gasteiger partial charge >= 0.3 is 6.18 Å². The second kappa shape index (κ2) is 7.80. The molecule has 1 fully saturated rings. The van der Waals surface area contributed by atoms with Gasteiger partial charge in [0.2, 0.25) is 5.91 Å². The van der Waals surface area contributed by atoms with E-state index in [4.69, 9.17) is 0 Å². The van der Waals surface area contributed by atoms with E-state index < -0.39 is 11.7 Å². The van der Waals surface area contributed by atoms with Gasteiger partial charge in [-0.1, -0.05) is 0 Å². The van der Waals surface area contributed by atoms with Gasteiger partial charge < -0.3 is 10.6 Å². The predicted octanol–water partition coefficient (Wildman–Crippen LogP) is 2.36. The van der Waals surface area contributed by atoms with Gasteiger partial charge in [0.15, 0.2) is 0 Å². The Labute approximate surface area is 133 Å². The van der Waals surface area contributed by atoms with Gasteiger partial charge in [0.25, 0.3) is 0 Å². The molecule has 1 aliphatic rings. The maximum atomic E-state index is 12.4. The Kier molecular flexibility index (Phi) is 6.65. The molecule has 1 aromatic rings. The maximum Gasteiger partial charge on any atom is 0.416 e. The first kappa shape index (κ1) is 18.7. The number of benzene rings is 1. The largest absolute Gasteiger partial charge is 0.416 e. The molecular formula is C14H19ClF3N3O. The zero-order valence-corrected chi connectivity index (χ0v) is 12.9. The SMILES string of the molecule is C[C@H]1CNCCN1CC(=O)Nc1ccc(C(F)(F)F)cc1.Cl. The molecule has 0 radical (unpaired) electrons. The number of anilines is 1. The van der Waals surface area contributed by atoms with E-state index in [0.717, 1.165) is 31.8 Å². The molecule has 0 spiro atoms. The van der Waals surface area contributed by atoms with Crippen LogP contribution in [0.2, 0.25) is 0 Å². The number of carbonyl (C=O) groups is 1. The van der Waals surface area contributed by atoms with Gasteiger partial charge in [0.1, 0.15) is 0 Å². The lowest BCUT2D eigenvalue weighted by Crippen LogP contribution is -2.51. The number of amides is 1. The second-order valence-corrected chi connectivity index (χ2v) is 5.15. The van der Waals surface area contributed by atoms with Crippen molar-refractivity contribution >= 4 is 24.0 Å². The van der Waals surface area contributed by atoms with Gasteiger partial charge in [0, 0.05) is 31.4 Å². The van der Waals surface area contributed by atoms with Crippen LogP contribution < -0.4 is 10.6 Å². The van der Waals surface area contributed by atoms with Crippen molar-refractivity contribution < 1.29 is 18.0 Å². The summed E-state index contributed by atoms with van der Waals surface area (Å²) in [5, 5.41) is 5.85. The third-order valence-corrected chi connectivity index (χ3v) is 3.48. The fourth-order valence-electron chi connectivity index (χ4n) is 2.25. The molecule has 4 nitrogen and oxygen atoms in total. The number of nitrogens with one attached hydrogen (secondary N) is 2. The molecule has 1 aromatic carbocycles. The summed E-state index contributed by atoms with van der Waals surface area (Å²) in [4.78, 5) is 14.0. The number of nitrogens with zero attached hydrogens (tertiary/aromatic N) is 1. The number of carbonyl (C=O) groups excluding carboxylic acids is 1. The number of hydrogen-bond acceptors (Lipinski definition) is 3. The van der Waals surface area contributed by atoms with Crippen LogP contribution in [0.25, 0.3) is 0 Å². The van der Waals surface area contributed by atoms with E-state index in [2.05, 4.69) is 10.6 Å². The third-order valence-electron chi connectivity index (χ3n) is 3.48. The molecule has 1 amide bonds. The molecule has 1 atom stereocenters. The van der Waals surface area contributed by atoms with Crippen molar-refractivity contribution in [1.82, 2.24) is 10.2 Å². The standard InChI is InChI=1S/C14H18F3N3O.ClH/c1-10-8-18-6-7-20(10)9-13(21)19-12-4-2-11(3-5-12)14(15,16)17;/h2-5,10,18H,6-9H2,1H3,(H,19,21);1H/t10-;/m0./s1. The molecule has 0 bridgehead atoms. The van der Waals surface area contributed by atoms with Crippen LogP contribution in [-0.4, -0.2) is 43.0 Å². The smallest absolute Gasteiger partial charge is 0.325 e. The Bertz CT molecular complexity index is 493. The zero-order chi connectivity index (χ0) is 15.5. The Balaban J connectivity index is 0.00000242. The predicted molar refractivity (Wildman–Crippen MR) is 81.2 cm³/mol. The van der Waals surface area contributed by atoms with Gasteiger partial charge in [-0.3, -0.25) is 9.69 Å². The van der Waals surface area contributed by atoms with Crippen LogP contribution in [0, 0.1) is 0 Å². The Hall–Kier alpha value is -1.31. The summed E-state index contributed by atoms with van der Waals surface area (Å²) in [6.45, 7) is 4.70. The topological polar surface area (TPSA) is 44.4 Å². The summed E-state index contributed by atoms with van der Waals surface area (Å²) < 4.78 is 37.3. The first-order chi connectivity index (χ1) is 9.86. The molecular weight excluding hydrogens is 319 g/mol. The minimum absolute atomic E-state index is 0. The van der Waals surface area contributed by atoms with Gasteiger partial charge in [-0.05, 0) is 31.2 Å². The van der Waals surface area contributed by atoms with Crippen LogP contribution in [-0.2, 0) is 11.0 Å². The van der Waals surface area contributed by atoms with Crippen LogP contribution in [0.3, 0.4) is 0 Å². The van der Waals surface area contributed by atoms with Crippen LogP contribution in [0.4, 0.5) is 18.9 Å². The molecule has 0 aliphatic carbocycles. The van der Waals surface area contributed by atoms with E-state index in [1.165, 1.54) is 12.1 Å². The summed E-state index contributed by atoms with van der Waals surface area (Å²) in [7, 11) is 0. The van der Waals surface area contributed by atoms with E-state index in [1.54, 1.807) is 0 Å². The lowest BCUT2D eigenvalue weighted by molar-refractivity contribution is -0.137. The van der Waals surface area contributed by atoms with E-state index in [0.29, 0.717) is 5.69 Å². The Morgan fingerprint density at radius 3 is 2.55 bits per heavy atom. The van der Waals surface area contributed by atoms with Crippen LogP contribution in [0.5, 0.6) is 0 Å². The van der Waals surface area contributed by atoms with E-state index in [-0.39, 0.29) is 30.9 Å². The molecule has 0 unspecified atom stereocenters. The molecule has 1 saturated heterocycles. The van der Waals surface area contributed by atoms with Gasteiger partial charge in [-0.15, -0.1) is 12.4 Å². The monoisotopic (exact) mass is 337 g/mol. The summed E-state index contributed by atoms with van der Waals surface area (Å²) in [6.07, 6.45) is -4.36. The highest BCUT2D eigenvalue weighted by molar-refractivity contribution is 5.92. The van der Waals surface area contributed by atoms with Crippen molar-refractivity contribution in [2.75, 3.05) is 31.5 Å². The van der Waals surface area contributed by atoms with Crippen molar-refractivity contribution in [3.05, 3.63) is 29.8 Å². The number of rotatable bonds is 3. The molecule has 124 valence electrons. The highest BCUT2D eigenvalue weighted by atomic mass is 35.5. The normalized spacial score (nSPS) is 19.4. The molecule has 22 heavy (non-hydrogen) atoms. The van der Waals surface area contributed by atoms with Crippen molar-refractivity contribution in [3.63, 3.8) is 0 Å². The highest BCUT2D eigenvalue weighted by Gasteiger charge is 2.30. The van der Waals surface area contributed by atoms with Gasteiger partial charge in [0.05, 0.1) is 12.1 Å². The molecule has 8 heteroatoms. The molecule has 0 aromatic heterocycles. The van der Waals surface area contributed by atoms with Gasteiger partial charge in [-0.25, -0.2) is 0 Å². The summed E-state index contributed by atoms with van der Waals surface area (Å²) >= 11 is 0. The summed E-state index contributed by atoms with van der Waals surface area (Å²) in [5.41, 5.74) is -0.355. The van der Waals surface area contributed by atoms with Crippen LogP contribution in [0.15, 0.2) is 24.3 Å². The number of alkyl halides is 3. The molecule has 1 heterocycles. The number of hydrogen-bond donors (Lipinski definition) is 2. The van der Waals surface area contributed by atoms with E-state index in [1.807, 2.05) is 11.8 Å². The minimum atomic E-state index is -4.36. The zero-order valence-electron chi connectivity index (χ0n) is 12.1. The fraction of sp³-hybridized carbons (Fsp3) is 0.500. The molecule has 2 N–H and O–H groups in total. The maximum absolute atomic E-state index is 12.4. The number of piperazine rings is 1. The Morgan fingerprint density at radius 2 is 2.00 bits per heavy atom. The van der Waals surface area contributed by atoms with Crippen molar-refractivity contribution in [2.45, 2.75) is 19.1 Å². The van der Waals surface area contributed by atoms with Crippen LogP contribution in [0.1, 0.15) is 12.5 Å². The average molecular weight is 338 g/mol. The van der Waals surface area contributed by atoms with E-state index >= 15 is 0 Å². The van der Waals surface area contributed by atoms with E-state index in [9.17, 15) is 18.0 Å². The first-order valence-corrected chi connectivity index (χ1v) is 6.78. The number of halogens is 4.